The predicted molar refractivity (Wildman–Crippen MR) is 84.7 cm³/mol. The van der Waals surface area contributed by atoms with Crippen molar-refractivity contribution in [3.05, 3.63) is 0 Å². The second-order valence-electron chi connectivity index (χ2n) is 6.90. The molecule has 23 heavy (non-hydrogen) atoms. The summed E-state index contributed by atoms with van der Waals surface area (Å²) in [5.41, 5.74) is -0.640. The van der Waals surface area contributed by atoms with Crippen LogP contribution in [0.5, 0.6) is 0 Å². The molecule has 8 heteroatoms. The minimum absolute atomic E-state index is 0.0198. The van der Waals surface area contributed by atoms with Crippen LogP contribution >= 0.6 is 0 Å². The van der Waals surface area contributed by atoms with Crippen molar-refractivity contribution in [3.8, 4) is 0 Å². The van der Waals surface area contributed by atoms with E-state index in [2.05, 4.69) is 5.32 Å². The molecule has 0 saturated carbocycles. The molecule has 0 spiro atoms. The van der Waals surface area contributed by atoms with Gasteiger partial charge in [0.2, 0.25) is 0 Å². The number of amides is 1. The van der Waals surface area contributed by atoms with Crippen LogP contribution in [0.1, 0.15) is 33.1 Å². The first kappa shape index (κ1) is 18.2. The molecule has 1 atom stereocenters. The molecule has 7 nitrogen and oxygen atoms in total. The second-order valence-corrected chi connectivity index (χ2v) is 9.09. The number of rotatable bonds is 5. The van der Waals surface area contributed by atoms with Crippen LogP contribution in [0.4, 0.5) is 0 Å². The van der Waals surface area contributed by atoms with E-state index in [1.165, 1.54) is 0 Å². The molecule has 2 aliphatic rings. The molecular formula is C15H27N2O5S+. The topological polar surface area (TPSA) is 94.0 Å². The normalized spacial score (nSPS) is 33.1. The molecule has 1 amide bonds. The lowest BCUT2D eigenvalue weighted by molar-refractivity contribution is -0.897. The van der Waals surface area contributed by atoms with E-state index in [9.17, 15) is 18.0 Å². The first-order chi connectivity index (χ1) is 10.7. The van der Waals surface area contributed by atoms with Crippen molar-refractivity contribution < 1.29 is 27.6 Å². The standard InChI is InChI=1S/C15H26N2O5S/c1-3-22-14(19)12-4-7-17(8-5-12)10-13(18)16-15(2)6-9-23(20,21)11-15/h12H,3-11H2,1-2H3,(H,16,18)/p+1/t15-/m0/s1. The molecule has 132 valence electrons. The molecule has 0 aromatic rings. The zero-order valence-electron chi connectivity index (χ0n) is 13.9. The first-order valence-corrected chi connectivity index (χ1v) is 10.1. The molecule has 2 aliphatic heterocycles. The highest BCUT2D eigenvalue weighted by Gasteiger charge is 2.40. The van der Waals surface area contributed by atoms with Crippen LogP contribution in [0.15, 0.2) is 0 Å². The quantitative estimate of drug-likeness (QED) is 0.593. The van der Waals surface area contributed by atoms with E-state index in [4.69, 9.17) is 4.74 Å². The average Bonchev–Trinajstić information content (AvgIpc) is 2.73. The van der Waals surface area contributed by atoms with E-state index in [1.54, 1.807) is 13.8 Å². The van der Waals surface area contributed by atoms with Crippen LogP contribution in [-0.2, 0) is 24.2 Å². The van der Waals surface area contributed by atoms with Crippen molar-refractivity contribution in [1.82, 2.24) is 5.32 Å². The van der Waals surface area contributed by atoms with Gasteiger partial charge in [-0.1, -0.05) is 0 Å². The van der Waals surface area contributed by atoms with Gasteiger partial charge in [0.1, 0.15) is 0 Å². The highest BCUT2D eigenvalue weighted by molar-refractivity contribution is 7.91. The van der Waals surface area contributed by atoms with Crippen molar-refractivity contribution in [3.63, 3.8) is 0 Å². The molecule has 0 unspecified atom stereocenters. The van der Waals surface area contributed by atoms with Crippen LogP contribution in [-0.4, -0.2) is 63.6 Å². The summed E-state index contributed by atoms with van der Waals surface area (Å²) in [5, 5.41) is 2.88. The Kier molecular flexibility index (Phi) is 5.67. The van der Waals surface area contributed by atoms with Crippen LogP contribution in [0.3, 0.4) is 0 Å². The van der Waals surface area contributed by atoms with E-state index in [0.717, 1.165) is 30.8 Å². The molecule has 2 N–H and O–H groups in total. The molecular weight excluding hydrogens is 320 g/mol. The summed E-state index contributed by atoms with van der Waals surface area (Å²) >= 11 is 0. The molecule has 2 fully saturated rings. The minimum Gasteiger partial charge on any atom is -0.466 e. The lowest BCUT2D eigenvalue weighted by Crippen LogP contribution is -3.14. The number of hydrogen-bond acceptors (Lipinski definition) is 5. The second kappa shape index (κ2) is 7.17. The summed E-state index contributed by atoms with van der Waals surface area (Å²) in [6.07, 6.45) is 1.93. The lowest BCUT2D eigenvalue weighted by atomic mass is 9.97. The van der Waals surface area contributed by atoms with Crippen molar-refractivity contribution in [2.45, 2.75) is 38.6 Å². The fourth-order valence-electron chi connectivity index (χ4n) is 3.42. The molecule has 2 saturated heterocycles. The number of sulfone groups is 1. The number of ether oxygens (including phenoxy) is 1. The van der Waals surface area contributed by atoms with Crippen molar-refractivity contribution in [2.75, 3.05) is 37.7 Å². The summed E-state index contributed by atoms with van der Waals surface area (Å²) in [6, 6.07) is 0. The van der Waals surface area contributed by atoms with Crippen molar-refractivity contribution in [2.24, 2.45) is 5.92 Å². The smallest absolute Gasteiger partial charge is 0.309 e. The van der Waals surface area contributed by atoms with Gasteiger partial charge in [-0.05, 0) is 20.3 Å². The Morgan fingerprint density at radius 1 is 1.30 bits per heavy atom. The number of esters is 1. The Bertz CT molecular complexity index is 554. The number of carbonyl (C=O) groups is 2. The van der Waals surface area contributed by atoms with Gasteiger partial charge < -0.3 is 15.0 Å². The number of quaternary nitrogens is 1. The summed E-state index contributed by atoms with van der Waals surface area (Å²) in [4.78, 5) is 25.0. The van der Waals surface area contributed by atoms with Crippen LogP contribution in [0, 0.1) is 5.92 Å². The van der Waals surface area contributed by atoms with Crippen LogP contribution < -0.4 is 10.2 Å². The largest absolute Gasteiger partial charge is 0.466 e. The predicted octanol–water partition coefficient (Wildman–Crippen LogP) is -1.46. The Morgan fingerprint density at radius 3 is 2.48 bits per heavy atom. The Hall–Kier alpha value is -1.15. The fourth-order valence-corrected chi connectivity index (χ4v) is 5.51. The SMILES string of the molecule is CCOC(=O)C1CC[NH+](CC(=O)N[C@@]2(C)CCS(=O)(=O)C2)CC1. The maximum absolute atomic E-state index is 12.2. The van der Waals surface area contributed by atoms with Gasteiger partial charge in [-0.25, -0.2) is 8.42 Å². The number of nitrogens with one attached hydrogen (secondary N) is 2. The van der Waals surface area contributed by atoms with Gasteiger partial charge in [-0.3, -0.25) is 9.59 Å². The fraction of sp³-hybridized carbons (Fsp3) is 0.867. The Morgan fingerprint density at radius 2 is 1.96 bits per heavy atom. The van der Waals surface area contributed by atoms with Crippen LogP contribution in [0.2, 0.25) is 0 Å². The molecule has 2 rings (SSSR count). The van der Waals surface area contributed by atoms with Crippen molar-refractivity contribution in [1.29, 1.82) is 0 Å². The summed E-state index contributed by atoms with van der Waals surface area (Å²) in [5.74, 6) is -0.152. The Labute approximate surface area is 137 Å². The molecule has 0 aliphatic carbocycles. The van der Waals surface area contributed by atoms with E-state index in [-0.39, 0.29) is 29.3 Å². The maximum Gasteiger partial charge on any atom is 0.309 e. The van der Waals surface area contributed by atoms with Gasteiger partial charge in [-0.15, -0.1) is 0 Å². The van der Waals surface area contributed by atoms with Crippen molar-refractivity contribution >= 4 is 21.7 Å². The summed E-state index contributed by atoms with van der Waals surface area (Å²) in [7, 11) is -3.03. The number of carbonyl (C=O) groups excluding carboxylic acids is 2. The lowest BCUT2D eigenvalue weighted by Gasteiger charge is -2.29. The molecule has 0 bridgehead atoms. The third kappa shape index (κ3) is 5.17. The van der Waals surface area contributed by atoms with Crippen LogP contribution in [0.25, 0.3) is 0 Å². The van der Waals surface area contributed by atoms with Gasteiger partial charge >= 0.3 is 5.97 Å². The maximum atomic E-state index is 12.2. The van der Waals surface area contributed by atoms with Gasteiger partial charge in [0.05, 0.1) is 42.7 Å². The van der Waals surface area contributed by atoms with E-state index in [0.29, 0.717) is 19.6 Å². The summed E-state index contributed by atoms with van der Waals surface area (Å²) in [6.45, 7) is 5.82. The van der Waals surface area contributed by atoms with E-state index >= 15 is 0 Å². The van der Waals surface area contributed by atoms with Gasteiger partial charge in [-0.2, -0.15) is 0 Å². The van der Waals surface area contributed by atoms with Gasteiger partial charge in [0.15, 0.2) is 16.4 Å². The number of hydrogen-bond donors (Lipinski definition) is 2. The number of likely N-dealkylation sites (tertiary alicyclic amines) is 1. The summed E-state index contributed by atoms with van der Waals surface area (Å²) < 4.78 is 28.2. The molecule has 2 heterocycles. The third-order valence-corrected chi connectivity index (χ3v) is 6.57. The van der Waals surface area contributed by atoms with Gasteiger partial charge in [0, 0.05) is 12.8 Å². The Balaban J connectivity index is 1.76. The van der Waals surface area contributed by atoms with Gasteiger partial charge in [0.25, 0.3) is 5.91 Å². The zero-order chi connectivity index (χ0) is 17.1. The zero-order valence-corrected chi connectivity index (χ0v) is 14.7. The molecule has 0 aromatic carbocycles. The molecule has 0 aromatic heterocycles. The molecule has 0 radical (unpaired) electrons. The monoisotopic (exact) mass is 347 g/mol. The minimum atomic E-state index is -3.03. The number of piperidine rings is 1. The highest BCUT2D eigenvalue weighted by atomic mass is 32.2. The van der Waals surface area contributed by atoms with E-state index < -0.39 is 15.4 Å². The third-order valence-electron chi connectivity index (χ3n) is 4.67. The first-order valence-electron chi connectivity index (χ1n) is 8.25. The highest BCUT2D eigenvalue weighted by Crippen LogP contribution is 2.22. The average molecular weight is 347 g/mol. The van der Waals surface area contributed by atoms with E-state index in [1.807, 2.05) is 0 Å².